The van der Waals surface area contributed by atoms with Crippen molar-refractivity contribution in [1.82, 2.24) is 0 Å². The molecule has 0 saturated carbocycles. The molecular formula is C20H21NO4. The van der Waals surface area contributed by atoms with E-state index in [2.05, 4.69) is 11.4 Å². The summed E-state index contributed by atoms with van der Waals surface area (Å²) in [6.45, 7) is 0.766. The predicted octanol–water partition coefficient (Wildman–Crippen LogP) is 4.03. The maximum atomic E-state index is 11.1. The number of hydrogen-bond acceptors (Lipinski definition) is 4. The molecule has 2 N–H and O–H groups in total. The van der Waals surface area contributed by atoms with Crippen molar-refractivity contribution in [3.63, 3.8) is 0 Å². The van der Waals surface area contributed by atoms with Crippen molar-refractivity contribution in [2.24, 2.45) is 5.92 Å². The first-order valence-corrected chi connectivity index (χ1v) is 8.56. The first kappa shape index (κ1) is 16.0. The van der Waals surface area contributed by atoms with E-state index in [1.807, 2.05) is 24.3 Å². The lowest BCUT2D eigenvalue weighted by Crippen LogP contribution is -2.36. The zero-order valence-corrected chi connectivity index (χ0v) is 14.1. The van der Waals surface area contributed by atoms with Gasteiger partial charge in [-0.2, -0.15) is 0 Å². The fraction of sp³-hybridized carbons (Fsp3) is 0.350. The van der Waals surface area contributed by atoms with Gasteiger partial charge in [0.1, 0.15) is 5.75 Å². The summed E-state index contributed by atoms with van der Waals surface area (Å²) < 4.78 is 11.5. The number of anilines is 1. The van der Waals surface area contributed by atoms with Gasteiger partial charge in [0.2, 0.25) is 0 Å². The number of carbonyl (C=O) groups is 1. The second kappa shape index (κ2) is 6.41. The second-order valence-corrected chi connectivity index (χ2v) is 6.60. The zero-order chi connectivity index (χ0) is 17.4. The molecular weight excluding hydrogens is 318 g/mol. The number of benzene rings is 2. The fourth-order valence-corrected chi connectivity index (χ4v) is 3.94. The number of nitrogens with one attached hydrogen (secondary N) is 1. The van der Waals surface area contributed by atoms with E-state index in [0.29, 0.717) is 11.5 Å². The van der Waals surface area contributed by atoms with Crippen molar-refractivity contribution < 1.29 is 19.4 Å². The summed E-state index contributed by atoms with van der Waals surface area (Å²) >= 11 is 0. The van der Waals surface area contributed by atoms with Crippen LogP contribution in [-0.4, -0.2) is 24.8 Å². The minimum absolute atomic E-state index is 0.0317. The summed E-state index contributed by atoms with van der Waals surface area (Å²) in [6, 6.07) is 13.3. The smallest absolute Gasteiger partial charge is 0.335 e. The van der Waals surface area contributed by atoms with Crippen LogP contribution in [0.2, 0.25) is 0 Å². The molecule has 1 saturated heterocycles. The molecule has 25 heavy (non-hydrogen) atoms. The van der Waals surface area contributed by atoms with Crippen LogP contribution in [0.1, 0.15) is 46.5 Å². The third-order valence-electron chi connectivity index (χ3n) is 5.19. The quantitative estimate of drug-likeness (QED) is 0.884. The topological polar surface area (TPSA) is 67.8 Å². The molecule has 4 rings (SSSR count). The minimum Gasteiger partial charge on any atom is -0.497 e. The Bertz CT molecular complexity index is 787. The average Bonchev–Trinajstić information content (AvgIpc) is 2.67. The molecule has 130 valence electrons. The molecule has 2 aliphatic rings. The molecule has 0 unspecified atom stereocenters. The maximum absolute atomic E-state index is 11.1. The summed E-state index contributed by atoms with van der Waals surface area (Å²) in [5, 5.41) is 12.7. The number of rotatable bonds is 3. The SMILES string of the molecule is COc1ccc2c(c1)[C@@H]1OCCC[C@@H]1[C@H](c1ccc(C(=O)O)cc1)N2. The molecule has 2 aromatic carbocycles. The highest BCUT2D eigenvalue weighted by Crippen LogP contribution is 2.49. The highest BCUT2D eigenvalue weighted by atomic mass is 16.5. The van der Waals surface area contributed by atoms with Crippen molar-refractivity contribution in [3.8, 4) is 5.75 Å². The van der Waals surface area contributed by atoms with E-state index in [9.17, 15) is 4.79 Å². The highest BCUT2D eigenvalue weighted by molar-refractivity contribution is 5.87. The molecule has 2 aromatic rings. The number of fused-ring (bicyclic) bond motifs is 3. The summed E-state index contributed by atoms with van der Waals surface area (Å²) in [6.07, 6.45) is 2.13. The molecule has 0 aromatic heterocycles. The van der Waals surface area contributed by atoms with Crippen LogP contribution in [0.4, 0.5) is 5.69 Å². The van der Waals surface area contributed by atoms with Crippen LogP contribution in [0.5, 0.6) is 5.75 Å². The van der Waals surface area contributed by atoms with E-state index >= 15 is 0 Å². The van der Waals surface area contributed by atoms with Gasteiger partial charge in [-0.1, -0.05) is 12.1 Å². The number of hydrogen-bond donors (Lipinski definition) is 2. The van der Waals surface area contributed by atoms with Crippen molar-refractivity contribution in [3.05, 3.63) is 59.2 Å². The molecule has 2 aliphatic heterocycles. The maximum Gasteiger partial charge on any atom is 0.335 e. The third kappa shape index (κ3) is 2.85. The van der Waals surface area contributed by atoms with Gasteiger partial charge in [-0.15, -0.1) is 0 Å². The van der Waals surface area contributed by atoms with E-state index in [1.165, 1.54) is 0 Å². The van der Waals surface area contributed by atoms with Crippen molar-refractivity contribution in [1.29, 1.82) is 0 Å². The number of carboxylic acids is 1. The molecule has 0 aliphatic carbocycles. The van der Waals surface area contributed by atoms with E-state index < -0.39 is 5.97 Å². The van der Waals surface area contributed by atoms with Crippen molar-refractivity contribution in [2.75, 3.05) is 19.0 Å². The van der Waals surface area contributed by atoms with Crippen LogP contribution in [0, 0.1) is 5.92 Å². The van der Waals surface area contributed by atoms with Gasteiger partial charge >= 0.3 is 5.97 Å². The molecule has 2 heterocycles. The lowest BCUT2D eigenvalue weighted by molar-refractivity contribution is -0.0382. The Balaban J connectivity index is 1.72. The molecule has 5 nitrogen and oxygen atoms in total. The van der Waals surface area contributed by atoms with Gasteiger partial charge in [0.15, 0.2) is 0 Å². The molecule has 1 fully saturated rings. The molecule has 0 bridgehead atoms. The molecule has 0 radical (unpaired) electrons. The van der Waals surface area contributed by atoms with Crippen LogP contribution in [0.25, 0.3) is 0 Å². The van der Waals surface area contributed by atoms with Crippen LogP contribution in [0.15, 0.2) is 42.5 Å². The Morgan fingerprint density at radius 2 is 2.04 bits per heavy atom. The summed E-state index contributed by atoms with van der Waals surface area (Å²) in [5.74, 6) is 0.237. The first-order chi connectivity index (χ1) is 12.2. The molecule has 5 heteroatoms. The standard InChI is InChI=1S/C20H21NO4/c1-24-14-8-9-17-16(11-14)19-15(3-2-10-25-19)18(21-17)12-4-6-13(7-5-12)20(22)23/h4-9,11,15,18-19,21H,2-3,10H2,1H3,(H,22,23)/t15-,18+,19-/m1/s1. The Labute approximate surface area is 146 Å². The van der Waals surface area contributed by atoms with Gasteiger partial charge in [-0.25, -0.2) is 4.79 Å². The minimum atomic E-state index is -0.903. The van der Waals surface area contributed by atoms with Crippen LogP contribution >= 0.6 is 0 Å². The lowest BCUT2D eigenvalue weighted by atomic mass is 9.77. The second-order valence-electron chi connectivity index (χ2n) is 6.60. The number of carboxylic acid groups (broad SMARTS) is 1. The average molecular weight is 339 g/mol. The van der Waals surface area contributed by atoms with Gasteiger partial charge in [0, 0.05) is 23.8 Å². The van der Waals surface area contributed by atoms with Crippen LogP contribution in [-0.2, 0) is 4.74 Å². The van der Waals surface area contributed by atoms with E-state index in [-0.39, 0.29) is 12.1 Å². The van der Waals surface area contributed by atoms with Gasteiger partial charge < -0.3 is 19.9 Å². The van der Waals surface area contributed by atoms with Crippen molar-refractivity contribution >= 4 is 11.7 Å². The number of ether oxygens (including phenoxy) is 2. The lowest BCUT2D eigenvalue weighted by Gasteiger charge is -2.43. The van der Waals surface area contributed by atoms with Crippen LogP contribution in [0.3, 0.4) is 0 Å². The Kier molecular flexibility index (Phi) is 4.09. The normalized spacial score (nSPS) is 24.6. The van der Waals surface area contributed by atoms with E-state index in [1.54, 1.807) is 19.2 Å². The number of aromatic carboxylic acids is 1. The zero-order valence-electron chi connectivity index (χ0n) is 14.1. The Morgan fingerprint density at radius 1 is 1.24 bits per heavy atom. The Morgan fingerprint density at radius 3 is 2.76 bits per heavy atom. The van der Waals surface area contributed by atoms with Gasteiger partial charge in [0.25, 0.3) is 0 Å². The first-order valence-electron chi connectivity index (χ1n) is 8.56. The third-order valence-corrected chi connectivity index (χ3v) is 5.19. The Hall–Kier alpha value is -2.53. The summed E-state index contributed by atoms with van der Waals surface area (Å²) in [5.41, 5.74) is 3.59. The highest BCUT2D eigenvalue weighted by Gasteiger charge is 2.39. The van der Waals surface area contributed by atoms with Crippen molar-refractivity contribution in [2.45, 2.75) is 25.0 Å². The molecule has 0 spiro atoms. The van der Waals surface area contributed by atoms with E-state index in [4.69, 9.17) is 14.6 Å². The molecule has 0 amide bonds. The van der Waals surface area contributed by atoms with Gasteiger partial charge in [-0.3, -0.25) is 0 Å². The summed E-state index contributed by atoms with van der Waals surface area (Å²) in [4.78, 5) is 11.1. The molecule has 3 atom stereocenters. The van der Waals surface area contributed by atoms with Gasteiger partial charge in [-0.05, 0) is 48.7 Å². The largest absolute Gasteiger partial charge is 0.497 e. The van der Waals surface area contributed by atoms with Crippen LogP contribution < -0.4 is 10.1 Å². The predicted molar refractivity (Wildman–Crippen MR) is 94.2 cm³/mol. The van der Waals surface area contributed by atoms with E-state index in [0.717, 1.165) is 42.0 Å². The monoisotopic (exact) mass is 339 g/mol. The fourth-order valence-electron chi connectivity index (χ4n) is 3.94. The number of methoxy groups -OCH3 is 1. The summed E-state index contributed by atoms with van der Waals surface area (Å²) in [7, 11) is 1.67. The van der Waals surface area contributed by atoms with Gasteiger partial charge in [0.05, 0.1) is 24.8 Å².